The standard InChI is InChI=1S/C17H17ClN4O2/c18-14-4-2-1-3-12(14)9-15-20-17(24-21-15)16-13(5-8-23-16)10-22-7-6-19-11-22/h1-4,6-7,11,13,16H,5,8-10H2/t13-,16-/m0/s1. The molecule has 1 saturated heterocycles. The zero-order chi connectivity index (χ0) is 16.4. The van der Waals surface area contributed by atoms with E-state index in [9.17, 15) is 0 Å². The lowest BCUT2D eigenvalue weighted by atomic mass is 10.0. The molecule has 0 unspecified atom stereocenters. The summed E-state index contributed by atoms with van der Waals surface area (Å²) in [6.45, 7) is 1.53. The molecule has 2 aromatic heterocycles. The van der Waals surface area contributed by atoms with Gasteiger partial charge in [0, 0.05) is 42.9 Å². The molecule has 0 radical (unpaired) electrons. The van der Waals surface area contributed by atoms with E-state index in [-0.39, 0.29) is 6.10 Å². The fraction of sp³-hybridized carbons (Fsp3) is 0.353. The van der Waals surface area contributed by atoms with Crippen LogP contribution in [0.25, 0.3) is 0 Å². The Hall–Kier alpha value is -2.18. The van der Waals surface area contributed by atoms with Gasteiger partial charge in [0.05, 0.1) is 6.33 Å². The van der Waals surface area contributed by atoms with E-state index in [1.165, 1.54) is 0 Å². The van der Waals surface area contributed by atoms with Crippen molar-refractivity contribution in [2.75, 3.05) is 6.61 Å². The van der Waals surface area contributed by atoms with Crippen LogP contribution in [0.15, 0.2) is 47.5 Å². The van der Waals surface area contributed by atoms with Crippen LogP contribution in [-0.2, 0) is 17.7 Å². The van der Waals surface area contributed by atoms with Gasteiger partial charge in [-0.25, -0.2) is 4.98 Å². The average molecular weight is 345 g/mol. The molecule has 24 heavy (non-hydrogen) atoms. The van der Waals surface area contributed by atoms with Crippen molar-refractivity contribution in [3.63, 3.8) is 0 Å². The van der Waals surface area contributed by atoms with Gasteiger partial charge in [0.1, 0.15) is 6.10 Å². The summed E-state index contributed by atoms with van der Waals surface area (Å²) >= 11 is 6.19. The van der Waals surface area contributed by atoms with Crippen LogP contribution in [-0.4, -0.2) is 26.3 Å². The smallest absolute Gasteiger partial charge is 0.256 e. The minimum atomic E-state index is -0.167. The zero-order valence-corrected chi connectivity index (χ0v) is 13.8. The first kappa shape index (κ1) is 15.4. The molecule has 1 aliphatic heterocycles. The third-order valence-electron chi connectivity index (χ3n) is 4.25. The van der Waals surface area contributed by atoms with Gasteiger partial charge in [0.2, 0.25) is 0 Å². The van der Waals surface area contributed by atoms with Gasteiger partial charge in [-0.15, -0.1) is 0 Å². The number of benzene rings is 1. The highest BCUT2D eigenvalue weighted by atomic mass is 35.5. The second-order valence-electron chi connectivity index (χ2n) is 5.92. The van der Waals surface area contributed by atoms with Gasteiger partial charge >= 0.3 is 0 Å². The van der Waals surface area contributed by atoms with Gasteiger partial charge in [-0.2, -0.15) is 4.98 Å². The van der Waals surface area contributed by atoms with Crippen LogP contribution in [0.2, 0.25) is 5.02 Å². The highest BCUT2D eigenvalue weighted by Crippen LogP contribution is 2.35. The topological polar surface area (TPSA) is 66.0 Å². The molecule has 7 heteroatoms. The summed E-state index contributed by atoms with van der Waals surface area (Å²) in [5.74, 6) is 1.46. The van der Waals surface area contributed by atoms with Crippen LogP contribution in [0.5, 0.6) is 0 Å². The minimum absolute atomic E-state index is 0.167. The van der Waals surface area contributed by atoms with Crippen LogP contribution < -0.4 is 0 Å². The summed E-state index contributed by atoms with van der Waals surface area (Å²) in [4.78, 5) is 8.60. The van der Waals surface area contributed by atoms with Crippen LogP contribution in [0.1, 0.15) is 29.8 Å². The molecule has 1 aromatic carbocycles. The van der Waals surface area contributed by atoms with Crippen molar-refractivity contribution in [2.45, 2.75) is 25.5 Å². The summed E-state index contributed by atoms with van der Waals surface area (Å²) in [7, 11) is 0. The van der Waals surface area contributed by atoms with E-state index >= 15 is 0 Å². The first-order valence-electron chi connectivity index (χ1n) is 7.93. The highest BCUT2D eigenvalue weighted by molar-refractivity contribution is 6.31. The van der Waals surface area contributed by atoms with Crippen molar-refractivity contribution in [1.29, 1.82) is 0 Å². The van der Waals surface area contributed by atoms with Gasteiger partial charge in [-0.3, -0.25) is 0 Å². The Morgan fingerprint density at radius 1 is 1.29 bits per heavy atom. The van der Waals surface area contributed by atoms with Crippen molar-refractivity contribution < 1.29 is 9.26 Å². The van der Waals surface area contributed by atoms with E-state index in [0.29, 0.717) is 35.7 Å². The predicted octanol–water partition coefficient (Wildman–Crippen LogP) is 3.29. The number of hydrogen-bond acceptors (Lipinski definition) is 5. The van der Waals surface area contributed by atoms with Crippen molar-refractivity contribution >= 4 is 11.6 Å². The quantitative estimate of drug-likeness (QED) is 0.710. The highest BCUT2D eigenvalue weighted by Gasteiger charge is 2.34. The molecule has 2 atom stereocenters. The maximum absolute atomic E-state index is 6.19. The van der Waals surface area contributed by atoms with Gasteiger partial charge in [-0.05, 0) is 18.1 Å². The van der Waals surface area contributed by atoms with Gasteiger partial charge < -0.3 is 13.8 Å². The molecule has 3 heterocycles. The predicted molar refractivity (Wildman–Crippen MR) is 87.6 cm³/mol. The Balaban J connectivity index is 1.48. The second-order valence-corrected chi connectivity index (χ2v) is 6.32. The molecule has 124 valence electrons. The third kappa shape index (κ3) is 3.20. The van der Waals surface area contributed by atoms with Crippen LogP contribution in [0, 0.1) is 5.92 Å². The minimum Gasteiger partial charge on any atom is -0.368 e. The summed E-state index contributed by atoms with van der Waals surface area (Å²) < 4.78 is 13.3. The molecule has 1 aliphatic rings. The van der Waals surface area contributed by atoms with Gasteiger partial charge in [-0.1, -0.05) is 35.0 Å². The van der Waals surface area contributed by atoms with Crippen molar-refractivity contribution in [1.82, 2.24) is 19.7 Å². The van der Waals surface area contributed by atoms with E-state index in [0.717, 1.165) is 18.5 Å². The SMILES string of the molecule is Clc1ccccc1Cc1noc([C@H]2OCC[C@H]2Cn2ccnc2)n1. The Morgan fingerprint density at radius 3 is 3.04 bits per heavy atom. The van der Waals surface area contributed by atoms with Gasteiger partial charge in [0.25, 0.3) is 5.89 Å². The number of nitrogens with zero attached hydrogens (tertiary/aromatic N) is 4. The van der Waals surface area contributed by atoms with Crippen molar-refractivity contribution in [3.05, 3.63) is 65.3 Å². The Morgan fingerprint density at radius 2 is 2.21 bits per heavy atom. The monoisotopic (exact) mass is 344 g/mol. The maximum Gasteiger partial charge on any atom is 0.256 e. The zero-order valence-electron chi connectivity index (χ0n) is 13.0. The number of hydrogen-bond donors (Lipinski definition) is 0. The van der Waals surface area contributed by atoms with Crippen LogP contribution >= 0.6 is 11.6 Å². The molecular formula is C17H17ClN4O2. The molecule has 0 N–H and O–H groups in total. The Labute approximate surface area is 144 Å². The van der Waals surface area contributed by atoms with Crippen molar-refractivity contribution in [2.24, 2.45) is 5.92 Å². The van der Waals surface area contributed by atoms with Crippen LogP contribution in [0.3, 0.4) is 0 Å². The average Bonchev–Trinajstić information content (AvgIpc) is 3.32. The van der Waals surface area contributed by atoms with Crippen molar-refractivity contribution in [3.8, 4) is 0 Å². The number of ether oxygens (including phenoxy) is 1. The largest absolute Gasteiger partial charge is 0.368 e. The molecule has 0 amide bonds. The third-order valence-corrected chi connectivity index (χ3v) is 4.62. The molecule has 0 spiro atoms. The lowest BCUT2D eigenvalue weighted by Crippen LogP contribution is -2.14. The molecule has 4 rings (SSSR count). The van der Waals surface area contributed by atoms with E-state index in [4.69, 9.17) is 20.9 Å². The molecular weight excluding hydrogens is 328 g/mol. The number of halogens is 1. The van der Waals surface area contributed by atoms with E-state index in [1.54, 1.807) is 6.20 Å². The summed E-state index contributed by atoms with van der Waals surface area (Å²) in [6.07, 6.45) is 6.88. The number of imidazole rings is 1. The normalized spacial score (nSPS) is 20.5. The molecule has 0 bridgehead atoms. The lowest BCUT2D eigenvalue weighted by molar-refractivity contribution is 0.0587. The van der Waals surface area contributed by atoms with E-state index in [2.05, 4.69) is 15.1 Å². The van der Waals surface area contributed by atoms with Gasteiger partial charge in [0.15, 0.2) is 5.82 Å². The summed E-state index contributed by atoms with van der Waals surface area (Å²) in [5.41, 5.74) is 0.980. The molecule has 3 aromatic rings. The van der Waals surface area contributed by atoms with E-state index < -0.39 is 0 Å². The molecule has 0 aliphatic carbocycles. The fourth-order valence-electron chi connectivity index (χ4n) is 3.03. The maximum atomic E-state index is 6.19. The molecule has 6 nitrogen and oxygen atoms in total. The fourth-order valence-corrected chi connectivity index (χ4v) is 3.23. The van der Waals surface area contributed by atoms with Crippen LogP contribution in [0.4, 0.5) is 0 Å². The summed E-state index contributed by atoms with van der Waals surface area (Å²) in [5, 5.41) is 4.79. The lowest BCUT2D eigenvalue weighted by Gasteiger charge is -2.15. The first-order valence-corrected chi connectivity index (χ1v) is 8.30. The first-order chi connectivity index (χ1) is 11.8. The Kier molecular flexibility index (Phi) is 4.32. The molecule has 1 fully saturated rings. The Bertz CT molecular complexity index is 803. The summed E-state index contributed by atoms with van der Waals surface area (Å²) in [6, 6.07) is 7.68. The second kappa shape index (κ2) is 6.75. The molecule has 0 saturated carbocycles. The number of aromatic nitrogens is 4. The number of rotatable bonds is 5. The van der Waals surface area contributed by atoms with E-state index in [1.807, 2.05) is 41.4 Å².